The number of carbonyl (C=O) groups is 2. The summed E-state index contributed by atoms with van der Waals surface area (Å²) in [6.07, 6.45) is 8.39. The summed E-state index contributed by atoms with van der Waals surface area (Å²) in [5, 5.41) is 6.62. The molecule has 1 rings (SSSR count). The molecule has 2 amide bonds. The number of hydrogen-bond acceptors (Lipinski definition) is 3. The summed E-state index contributed by atoms with van der Waals surface area (Å²) >= 11 is 6.00. The molecule has 0 bridgehead atoms. The van der Waals surface area contributed by atoms with Crippen LogP contribution in [0, 0.1) is 12.8 Å². The van der Waals surface area contributed by atoms with Crippen molar-refractivity contribution in [3.05, 3.63) is 28.8 Å². The minimum Gasteiger partial charge on any atom is -0.357 e. The highest BCUT2D eigenvalue weighted by atomic mass is 35.5. The Balaban J connectivity index is 2.68. The highest BCUT2D eigenvalue weighted by Crippen LogP contribution is 2.23. The number of rotatable bonds is 15. The van der Waals surface area contributed by atoms with Crippen LogP contribution in [0.1, 0.15) is 77.7 Å². The number of halogens is 1. The van der Waals surface area contributed by atoms with Gasteiger partial charge in [-0.2, -0.15) is 0 Å². The van der Waals surface area contributed by atoms with Crippen LogP contribution in [0.5, 0.6) is 0 Å². The first kappa shape index (κ1) is 26.2. The van der Waals surface area contributed by atoms with Gasteiger partial charge in [-0.15, -0.1) is 0 Å². The van der Waals surface area contributed by atoms with Crippen molar-refractivity contribution in [3.63, 3.8) is 0 Å². The molecule has 0 saturated carbocycles. The van der Waals surface area contributed by atoms with Crippen molar-refractivity contribution in [3.8, 4) is 0 Å². The second kappa shape index (κ2) is 15.0. The Morgan fingerprint density at radius 2 is 1.93 bits per heavy atom. The van der Waals surface area contributed by atoms with E-state index >= 15 is 0 Å². The van der Waals surface area contributed by atoms with Crippen LogP contribution >= 0.6 is 11.6 Å². The second-order valence-electron chi connectivity index (χ2n) is 8.02. The summed E-state index contributed by atoms with van der Waals surface area (Å²) in [6.45, 7) is 8.75. The molecule has 0 heterocycles. The minimum atomic E-state index is -0.0322. The van der Waals surface area contributed by atoms with E-state index in [9.17, 15) is 9.59 Å². The minimum absolute atomic E-state index is 0.00618. The maximum Gasteiger partial charge on any atom is 0.220 e. The average Bonchev–Trinajstić information content (AvgIpc) is 2.71. The lowest BCUT2D eigenvalue weighted by molar-refractivity contribution is -0.122. The third-order valence-corrected chi connectivity index (χ3v) is 5.59. The highest BCUT2D eigenvalue weighted by molar-refractivity contribution is 6.30. The maximum atomic E-state index is 12.6. The average molecular weight is 436 g/mol. The fraction of sp³-hybridized carbons (Fsp3) is 0.625. The number of nitrogens with zero attached hydrogens (tertiary/aromatic N) is 1. The van der Waals surface area contributed by atoms with E-state index < -0.39 is 0 Å². The van der Waals surface area contributed by atoms with Crippen LogP contribution in [-0.2, 0) is 9.59 Å². The molecular weight excluding hydrogens is 398 g/mol. The fourth-order valence-corrected chi connectivity index (χ4v) is 3.89. The first-order chi connectivity index (χ1) is 14.4. The molecule has 30 heavy (non-hydrogen) atoms. The standard InChI is InChI=1S/C24H38ClN3O2/c1-5-7-8-10-20(9-6-2)23(16-26-17-29)28-24(30)14-11-19(4)27-22-13-12-21(25)15-18(22)3/h12-13,15,17,20,23H,5-11,14,16H2,1-4H3,(H,26,29)(H,28,30). The van der Waals surface area contributed by atoms with E-state index in [1.165, 1.54) is 12.8 Å². The van der Waals surface area contributed by atoms with E-state index in [4.69, 9.17) is 11.6 Å². The molecule has 168 valence electrons. The molecule has 2 unspecified atom stereocenters. The Hall–Kier alpha value is -1.88. The molecule has 2 atom stereocenters. The fourth-order valence-electron chi connectivity index (χ4n) is 3.66. The van der Waals surface area contributed by atoms with Gasteiger partial charge < -0.3 is 10.6 Å². The van der Waals surface area contributed by atoms with Crippen LogP contribution in [0.3, 0.4) is 0 Å². The van der Waals surface area contributed by atoms with Crippen LogP contribution in [0.2, 0.25) is 5.02 Å². The van der Waals surface area contributed by atoms with E-state index in [-0.39, 0.29) is 11.9 Å². The number of unbranched alkanes of at least 4 members (excludes halogenated alkanes) is 2. The Kier molecular flexibility index (Phi) is 13.1. The van der Waals surface area contributed by atoms with Crippen LogP contribution < -0.4 is 10.6 Å². The topological polar surface area (TPSA) is 70.6 Å². The second-order valence-corrected chi connectivity index (χ2v) is 8.46. The monoisotopic (exact) mass is 435 g/mol. The van der Waals surface area contributed by atoms with Crippen molar-refractivity contribution in [1.29, 1.82) is 0 Å². The van der Waals surface area contributed by atoms with Crippen molar-refractivity contribution in [2.45, 2.75) is 85.1 Å². The first-order valence-corrected chi connectivity index (χ1v) is 11.6. The molecule has 0 aliphatic rings. The summed E-state index contributed by atoms with van der Waals surface area (Å²) in [6, 6.07) is 5.57. The molecular formula is C24H38ClN3O2. The van der Waals surface area contributed by atoms with E-state index in [2.05, 4.69) is 29.5 Å². The Labute approximate surface area is 187 Å². The molecule has 2 N–H and O–H groups in total. The summed E-state index contributed by atoms with van der Waals surface area (Å²) in [4.78, 5) is 28.1. The van der Waals surface area contributed by atoms with Gasteiger partial charge in [-0.1, -0.05) is 51.1 Å². The van der Waals surface area contributed by atoms with E-state index in [1.807, 2.05) is 32.0 Å². The predicted molar refractivity (Wildman–Crippen MR) is 127 cm³/mol. The van der Waals surface area contributed by atoms with Crippen molar-refractivity contribution >= 4 is 35.3 Å². The van der Waals surface area contributed by atoms with Gasteiger partial charge in [0.15, 0.2) is 0 Å². The van der Waals surface area contributed by atoms with Crippen LogP contribution in [0.25, 0.3) is 0 Å². The largest absolute Gasteiger partial charge is 0.357 e. The van der Waals surface area contributed by atoms with Crippen molar-refractivity contribution in [1.82, 2.24) is 10.6 Å². The van der Waals surface area contributed by atoms with Gasteiger partial charge in [0.2, 0.25) is 12.3 Å². The lowest BCUT2D eigenvalue weighted by atomic mass is 9.89. The van der Waals surface area contributed by atoms with Crippen molar-refractivity contribution < 1.29 is 9.59 Å². The smallest absolute Gasteiger partial charge is 0.220 e. The molecule has 0 saturated heterocycles. The molecule has 1 aromatic rings. The van der Waals surface area contributed by atoms with Gasteiger partial charge in [-0.3, -0.25) is 14.6 Å². The SMILES string of the molecule is CCCCCC(CCC)C(CNC=O)NC(=O)CCC(C)=Nc1ccc(Cl)cc1C. The number of aliphatic imine (C=N–C) groups is 1. The number of nitrogens with one attached hydrogen (secondary N) is 2. The van der Waals surface area contributed by atoms with Gasteiger partial charge in [-0.05, 0) is 62.8 Å². The molecule has 1 aromatic carbocycles. The molecule has 0 fully saturated rings. The van der Waals surface area contributed by atoms with Crippen LogP contribution in [-0.4, -0.2) is 30.6 Å². The molecule has 0 spiro atoms. The van der Waals surface area contributed by atoms with Crippen LogP contribution in [0.15, 0.2) is 23.2 Å². The molecule has 0 aliphatic heterocycles. The maximum absolute atomic E-state index is 12.6. The Morgan fingerprint density at radius 3 is 2.57 bits per heavy atom. The predicted octanol–water partition coefficient (Wildman–Crippen LogP) is 5.75. The summed E-state index contributed by atoms with van der Waals surface area (Å²) in [5.41, 5.74) is 2.80. The number of benzene rings is 1. The summed E-state index contributed by atoms with van der Waals surface area (Å²) in [5.74, 6) is 0.385. The van der Waals surface area contributed by atoms with Crippen molar-refractivity contribution in [2.24, 2.45) is 10.9 Å². The molecule has 0 aromatic heterocycles. The zero-order valence-corrected chi connectivity index (χ0v) is 19.7. The lowest BCUT2D eigenvalue weighted by Crippen LogP contribution is -2.46. The third-order valence-electron chi connectivity index (χ3n) is 5.36. The third kappa shape index (κ3) is 10.2. The summed E-state index contributed by atoms with van der Waals surface area (Å²) in [7, 11) is 0. The van der Waals surface area contributed by atoms with E-state index in [1.54, 1.807) is 0 Å². The van der Waals surface area contributed by atoms with Gasteiger partial charge in [0, 0.05) is 29.7 Å². The highest BCUT2D eigenvalue weighted by Gasteiger charge is 2.22. The van der Waals surface area contributed by atoms with E-state index in [0.29, 0.717) is 36.7 Å². The molecule has 5 nitrogen and oxygen atoms in total. The zero-order chi connectivity index (χ0) is 22.4. The Bertz CT molecular complexity index is 691. The first-order valence-electron chi connectivity index (χ1n) is 11.2. The number of amides is 2. The van der Waals surface area contributed by atoms with E-state index in [0.717, 1.165) is 42.6 Å². The van der Waals surface area contributed by atoms with Crippen molar-refractivity contribution in [2.75, 3.05) is 6.54 Å². The number of aryl methyl sites for hydroxylation is 1. The molecule has 6 heteroatoms. The Morgan fingerprint density at radius 1 is 1.17 bits per heavy atom. The molecule has 0 radical (unpaired) electrons. The van der Waals surface area contributed by atoms with Gasteiger partial charge >= 0.3 is 0 Å². The van der Waals surface area contributed by atoms with Gasteiger partial charge in [0.1, 0.15) is 0 Å². The van der Waals surface area contributed by atoms with Gasteiger partial charge in [0.05, 0.1) is 5.69 Å². The summed E-state index contributed by atoms with van der Waals surface area (Å²) < 4.78 is 0. The normalized spacial score (nSPS) is 13.6. The van der Waals surface area contributed by atoms with Crippen LogP contribution in [0.4, 0.5) is 5.69 Å². The lowest BCUT2D eigenvalue weighted by Gasteiger charge is -2.28. The number of hydrogen-bond donors (Lipinski definition) is 2. The van der Waals surface area contributed by atoms with Gasteiger partial charge in [0.25, 0.3) is 0 Å². The quantitative estimate of drug-likeness (QED) is 0.209. The number of carbonyl (C=O) groups excluding carboxylic acids is 2. The zero-order valence-electron chi connectivity index (χ0n) is 19.0. The van der Waals surface area contributed by atoms with Gasteiger partial charge in [-0.25, -0.2) is 0 Å². The molecule has 0 aliphatic carbocycles.